The first-order chi connectivity index (χ1) is 10.2. The normalized spacial score (nSPS) is 9.76. The summed E-state index contributed by atoms with van der Waals surface area (Å²) in [5.74, 6) is -0.343. The van der Waals surface area contributed by atoms with Crippen LogP contribution in [-0.4, -0.2) is 20.1 Å². The zero-order chi connectivity index (χ0) is 15.2. The van der Waals surface area contributed by atoms with Crippen LogP contribution in [0.15, 0.2) is 48.5 Å². The van der Waals surface area contributed by atoms with Crippen LogP contribution in [0.2, 0.25) is 0 Å². The Balaban J connectivity index is 2.25. The molecule has 0 N–H and O–H groups in total. The van der Waals surface area contributed by atoms with Gasteiger partial charge < -0.3 is 9.64 Å². The van der Waals surface area contributed by atoms with Crippen molar-refractivity contribution in [3.63, 3.8) is 0 Å². The van der Waals surface area contributed by atoms with Crippen molar-refractivity contribution < 1.29 is 9.53 Å². The number of anilines is 1. The smallest absolute Gasteiger partial charge is 0.338 e. The van der Waals surface area contributed by atoms with Crippen molar-refractivity contribution >= 4 is 11.7 Å². The minimum absolute atomic E-state index is 0.343. The van der Waals surface area contributed by atoms with Gasteiger partial charge in [-0.1, -0.05) is 24.3 Å². The quantitative estimate of drug-likeness (QED) is 0.808. The average molecular weight is 280 g/mol. The predicted octanol–water partition coefficient (Wildman–Crippen LogP) is 2.98. The second kappa shape index (κ2) is 6.58. The van der Waals surface area contributed by atoms with Gasteiger partial charge in [0.2, 0.25) is 0 Å². The summed E-state index contributed by atoms with van der Waals surface area (Å²) in [5, 5.41) is 8.95. The van der Waals surface area contributed by atoms with Crippen LogP contribution in [-0.2, 0) is 11.3 Å². The highest BCUT2D eigenvalue weighted by Gasteiger charge is 2.12. The van der Waals surface area contributed by atoms with Gasteiger partial charge in [0.05, 0.1) is 24.3 Å². The molecule has 0 saturated heterocycles. The van der Waals surface area contributed by atoms with Crippen molar-refractivity contribution in [3.05, 3.63) is 65.2 Å². The van der Waals surface area contributed by atoms with Gasteiger partial charge in [-0.15, -0.1) is 0 Å². The van der Waals surface area contributed by atoms with Gasteiger partial charge in [-0.3, -0.25) is 0 Å². The fraction of sp³-hybridized carbons (Fsp3) is 0.176. The summed E-state index contributed by atoms with van der Waals surface area (Å²) in [5.41, 5.74) is 2.98. The van der Waals surface area contributed by atoms with Crippen LogP contribution in [0, 0.1) is 11.3 Å². The number of benzene rings is 2. The fourth-order valence-electron chi connectivity index (χ4n) is 2.13. The number of carbonyl (C=O) groups excluding carboxylic acids is 1. The van der Waals surface area contributed by atoms with Crippen LogP contribution in [0.5, 0.6) is 0 Å². The van der Waals surface area contributed by atoms with E-state index in [2.05, 4.69) is 6.07 Å². The van der Waals surface area contributed by atoms with Gasteiger partial charge in [0.15, 0.2) is 0 Å². The Kier molecular flexibility index (Phi) is 4.57. The summed E-state index contributed by atoms with van der Waals surface area (Å²) in [7, 11) is 3.30. The van der Waals surface area contributed by atoms with Crippen molar-refractivity contribution in [2.45, 2.75) is 6.54 Å². The molecule has 0 aliphatic rings. The SMILES string of the molecule is COC(=O)c1ccccc1CN(C)c1cccc(C#N)c1. The van der Waals surface area contributed by atoms with Gasteiger partial charge in [0.25, 0.3) is 0 Å². The lowest BCUT2D eigenvalue weighted by Gasteiger charge is -2.20. The number of esters is 1. The van der Waals surface area contributed by atoms with Gasteiger partial charge in [0.1, 0.15) is 0 Å². The molecule has 4 nitrogen and oxygen atoms in total. The van der Waals surface area contributed by atoms with Crippen molar-refractivity contribution in [1.82, 2.24) is 0 Å². The third-order valence-corrected chi connectivity index (χ3v) is 3.25. The van der Waals surface area contributed by atoms with Crippen LogP contribution in [0.25, 0.3) is 0 Å². The fourth-order valence-corrected chi connectivity index (χ4v) is 2.13. The molecule has 2 aromatic rings. The van der Waals surface area contributed by atoms with E-state index in [4.69, 9.17) is 10.00 Å². The van der Waals surface area contributed by atoms with E-state index in [0.717, 1.165) is 11.3 Å². The molecule has 2 aromatic carbocycles. The molecule has 0 amide bonds. The molecular formula is C17H16N2O2. The molecule has 0 spiro atoms. The summed E-state index contributed by atoms with van der Waals surface area (Å²) >= 11 is 0. The maximum Gasteiger partial charge on any atom is 0.338 e. The van der Waals surface area contributed by atoms with E-state index in [1.54, 1.807) is 12.1 Å². The zero-order valence-electron chi connectivity index (χ0n) is 12.0. The minimum Gasteiger partial charge on any atom is -0.465 e. The Morgan fingerprint density at radius 1 is 1.24 bits per heavy atom. The molecule has 2 rings (SSSR count). The molecule has 0 fully saturated rings. The standard InChI is InChI=1S/C17H16N2O2/c1-19(15-8-5-6-13(10-15)11-18)12-14-7-3-4-9-16(14)17(20)21-2/h3-10H,12H2,1-2H3. The topological polar surface area (TPSA) is 53.3 Å². The molecule has 0 aliphatic heterocycles. The number of hydrogen-bond acceptors (Lipinski definition) is 4. The van der Waals surface area contributed by atoms with Gasteiger partial charge in [-0.25, -0.2) is 4.79 Å². The minimum atomic E-state index is -0.343. The molecule has 0 radical (unpaired) electrons. The zero-order valence-corrected chi connectivity index (χ0v) is 12.0. The first-order valence-corrected chi connectivity index (χ1v) is 6.53. The number of methoxy groups -OCH3 is 1. The number of carbonyl (C=O) groups is 1. The second-order valence-electron chi connectivity index (χ2n) is 4.67. The Hall–Kier alpha value is -2.80. The lowest BCUT2D eigenvalue weighted by atomic mass is 10.1. The Morgan fingerprint density at radius 3 is 2.71 bits per heavy atom. The molecule has 0 aliphatic carbocycles. The highest BCUT2D eigenvalue weighted by Crippen LogP contribution is 2.19. The van der Waals surface area contributed by atoms with Crippen LogP contribution in [0.3, 0.4) is 0 Å². The molecular weight excluding hydrogens is 264 g/mol. The molecule has 4 heteroatoms. The molecule has 0 bridgehead atoms. The number of nitrogens with zero attached hydrogens (tertiary/aromatic N) is 2. The lowest BCUT2D eigenvalue weighted by Crippen LogP contribution is -2.19. The summed E-state index contributed by atoms with van der Waals surface area (Å²) in [4.78, 5) is 13.8. The van der Waals surface area contributed by atoms with E-state index < -0.39 is 0 Å². The van der Waals surface area contributed by atoms with E-state index in [1.807, 2.05) is 48.3 Å². The van der Waals surface area contributed by atoms with E-state index in [1.165, 1.54) is 7.11 Å². The molecule has 0 atom stereocenters. The maximum atomic E-state index is 11.8. The maximum absolute atomic E-state index is 11.8. The summed E-state index contributed by atoms with van der Waals surface area (Å²) in [6.07, 6.45) is 0. The second-order valence-corrected chi connectivity index (χ2v) is 4.67. The number of nitriles is 1. The van der Waals surface area contributed by atoms with E-state index in [-0.39, 0.29) is 5.97 Å². The molecule has 106 valence electrons. The van der Waals surface area contributed by atoms with Gasteiger partial charge in [0, 0.05) is 19.3 Å². The lowest BCUT2D eigenvalue weighted by molar-refractivity contribution is 0.0599. The molecule has 21 heavy (non-hydrogen) atoms. The van der Waals surface area contributed by atoms with Crippen LogP contribution in [0.4, 0.5) is 5.69 Å². The first kappa shape index (κ1) is 14.6. The monoisotopic (exact) mass is 280 g/mol. The highest BCUT2D eigenvalue weighted by molar-refractivity contribution is 5.91. The Morgan fingerprint density at radius 2 is 2.00 bits per heavy atom. The van der Waals surface area contributed by atoms with Crippen LogP contribution < -0.4 is 4.90 Å². The predicted molar refractivity (Wildman–Crippen MR) is 81.0 cm³/mol. The molecule has 0 aromatic heterocycles. The third-order valence-electron chi connectivity index (χ3n) is 3.25. The van der Waals surface area contributed by atoms with E-state index in [0.29, 0.717) is 17.7 Å². The summed E-state index contributed by atoms with van der Waals surface area (Å²) in [6, 6.07) is 16.8. The van der Waals surface area contributed by atoms with Gasteiger partial charge in [-0.2, -0.15) is 5.26 Å². The highest BCUT2D eigenvalue weighted by atomic mass is 16.5. The average Bonchev–Trinajstić information content (AvgIpc) is 2.54. The number of hydrogen-bond donors (Lipinski definition) is 0. The van der Waals surface area contributed by atoms with E-state index >= 15 is 0 Å². The van der Waals surface area contributed by atoms with Crippen LogP contribution >= 0.6 is 0 Å². The molecule has 0 saturated carbocycles. The number of ether oxygens (including phenoxy) is 1. The first-order valence-electron chi connectivity index (χ1n) is 6.53. The number of rotatable bonds is 4. The van der Waals surface area contributed by atoms with Crippen molar-refractivity contribution in [1.29, 1.82) is 5.26 Å². The Bertz CT molecular complexity index is 689. The molecule has 0 unspecified atom stereocenters. The van der Waals surface area contributed by atoms with Crippen LogP contribution in [0.1, 0.15) is 21.5 Å². The molecule has 0 heterocycles. The third kappa shape index (κ3) is 3.40. The van der Waals surface area contributed by atoms with Gasteiger partial charge >= 0.3 is 5.97 Å². The van der Waals surface area contributed by atoms with E-state index in [9.17, 15) is 4.79 Å². The summed E-state index contributed by atoms with van der Waals surface area (Å²) < 4.78 is 4.80. The van der Waals surface area contributed by atoms with Crippen molar-refractivity contribution in [2.24, 2.45) is 0 Å². The largest absolute Gasteiger partial charge is 0.465 e. The Labute approximate surface area is 124 Å². The van der Waals surface area contributed by atoms with Crippen molar-refractivity contribution in [3.8, 4) is 6.07 Å². The van der Waals surface area contributed by atoms with Gasteiger partial charge in [-0.05, 0) is 29.8 Å². The summed E-state index contributed by atoms with van der Waals surface area (Å²) in [6.45, 7) is 0.556. The van der Waals surface area contributed by atoms with Crippen molar-refractivity contribution in [2.75, 3.05) is 19.1 Å².